The van der Waals surface area contributed by atoms with E-state index in [1.165, 1.54) is 0 Å². The van der Waals surface area contributed by atoms with Crippen molar-refractivity contribution in [2.45, 2.75) is 34.1 Å². The maximum absolute atomic E-state index is 12.7. The second-order valence-corrected chi connectivity index (χ2v) is 8.20. The minimum Gasteiger partial charge on any atom is -0.496 e. The van der Waals surface area contributed by atoms with Crippen molar-refractivity contribution < 1.29 is 19.0 Å². The molecule has 4 nitrogen and oxygen atoms in total. The molecule has 0 aliphatic heterocycles. The van der Waals surface area contributed by atoms with Gasteiger partial charge in [0.15, 0.2) is 5.52 Å². The molecule has 5 heteroatoms. The molecule has 0 heterocycles. The van der Waals surface area contributed by atoms with Crippen LogP contribution in [0.4, 0.5) is 0 Å². The number of hydrogen-bond acceptors (Lipinski definition) is 4. The Morgan fingerprint density at radius 1 is 1.09 bits per heavy atom. The van der Waals surface area contributed by atoms with Crippen LogP contribution < -0.4 is 14.2 Å². The molecule has 0 radical (unpaired) electrons. The molecule has 130 valence electrons. The number of rotatable bonds is 8. The van der Waals surface area contributed by atoms with Crippen LogP contribution in [0.3, 0.4) is 0 Å². The highest BCUT2D eigenvalue weighted by Gasteiger charge is 2.22. The van der Waals surface area contributed by atoms with Crippen LogP contribution in [0.15, 0.2) is 12.1 Å². The minimum atomic E-state index is 0.0714. The predicted molar refractivity (Wildman–Crippen MR) is 96.8 cm³/mol. The maximum Gasteiger partial charge on any atom is 0.188 e. The van der Waals surface area contributed by atoms with Gasteiger partial charge in [-0.05, 0) is 32.5 Å². The van der Waals surface area contributed by atoms with Gasteiger partial charge in [0.1, 0.15) is 22.8 Å². The molecule has 0 saturated carbocycles. The Hall–Kier alpha value is -1.28. The maximum atomic E-state index is 12.7. The molecule has 0 spiro atoms. The third-order valence-corrected chi connectivity index (χ3v) is 4.99. The summed E-state index contributed by atoms with van der Waals surface area (Å²) in [6, 6.07) is 3.44. The topological polar surface area (TPSA) is 44.8 Å². The third kappa shape index (κ3) is 6.02. The highest BCUT2D eigenvalue weighted by atomic mass is 31.1. The van der Waals surface area contributed by atoms with E-state index in [9.17, 15) is 4.79 Å². The van der Waals surface area contributed by atoms with Crippen LogP contribution in [0.2, 0.25) is 0 Å². The molecule has 2 unspecified atom stereocenters. The summed E-state index contributed by atoms with van der Waals surface area (Å²) >= 11 is 0. The molecule has 0 saturated heterocycles. The van der Waals surface area contributed by atoms with E-state index in [-0.39, 0.29) is 19.5 Å². The average molecular weight is 340 g/mol. The van der Waals surface area contributed by atoms with Crippen LogP contribution in [0, 0.1) is 11.3 Å². The molecular weight excluding hydrogens is 311 g/mol. The Morgan fingerprint density at radius 2 is 1.61 bits per heavy atom. The van der Waals surface area contributed by atoms with Crippen molar-refractivity contribution in [3.8, 4) is 17.2 Å². The molecule has 0 aliphatic carbocycles. The zero-order valence-corrected chi connectivity index (χ0v) is 16.3. The summed E-state index contributed by atoms with van der Waals surface area (Å²) in [7, 11) is 4.89. The highest BCUT2D eigenvalue weighted by molar-refractivity contribution is 7.58. The van der Waals surface area contributed by atoms with Crippen LogP contribution in [0.25, 0.3) is 0 Å². The Labute approximate surface area is 141 Å². The van der Waals surface area contributed by atoms with Gasteiger partial charge in [-0.25, -0.2) is 0 Å². The fourth-order valence-corrected chi connectivity index (χ4v) is 3.80. The lowest BCUT2D eigenvalue weighted by Crippen LogP contribution is -2.13. The number of carbonyl (C=O) groups is 1. The molecule has 23 heavy (non-hydrogen) atoms. The van der Waals surface area contributed by atoms with Crippen LogP contribution in [0.5, 0.6) is 17.2 Å². The van der Waals surface area contributed by atoms with Crippen molar-refractivity contribution in [3.05, 3.63) is 17.7 Å². The summed E-state index contributed by atoms with van der Waals surface area (Å²) in [5.74, 6) is 2.12. The van der Waals surface area contributed by atoms with Crippen molar-refractivity contribution in [2.24, 2.45) is 11.3 Å². The summed E-state index contributed by atoms with van der Waals surface area (Å²) in [5, 5.41) is 0. The predicted octanol–water partition coefficient (Wildman–Crippen LogP) is 4.60. The van der Waals surface area contributed by atoms with Crippen molar-refractivity contribution in [1.29, 1.82) is 0 Å². The second kappa shape index (κ2) is 8.54. The molecule has 0 aromatic heterocycles. The molecule has 0 aliphatic rings. The SMILES string of the molecule is COc1cc(OC)c(C(=O)PCC(C)CC(C)(C)C)c(OC)c1. The number of benzene rings is 1. The molecule has 1 rings (SSSR count). The smallest absolute Gasteiger partial charge is 0.188 e. The van der Waals surface area contributed by atoms with Gasteiger partial charge in [0.25, 0.3) is 0 Å². The zero-order valence-electron chi connectivity index (χ0n) is 15.3. The third-order valence-electron chi connectivity index (χ3n) is 3.51. The average Bonchev–Trinajstić information content (AvgIpc) is 2.49. The number of methoxy groups -OCH3 is 3. The van der Waals surface area contributed by atoms with Gasteiger partial charge in [0.05, 0.1) is 21.3 Å². The summed E-state index contributed by atoms with van der Waals surface area (Å²) in [6.45, 7) is 8.88. The Kier molecular flexibility index (Phi) is 7.34. The zero-order chi connectivity index (χ0) is 17.6. The summed E-state index contributed by atoms with van der Waals surface area (Å²) in [6.07, 6.45) is 1.98. The van der Waals surface area contributed by atoms with Crippen LogP contribution >= 0.6 is 8.58 Å². The molecule has 1 aromatic carbocycles. The first-order valence-electron chi connectivity index (χ1n) is 7.80. The van der Waals surface area contributed by atoms with Crippen LogP contribution in [-0.4, -0.2) is 33.0 Å². The lowest BCUT2D eigenvalue weighted by Gasteiger charge is -2.23. The van der Waals surface area contributed by atoms with Gasteiger partial charge in [-0.15, -0.1) is 0 Å². The first-order valence-corrected chi connectivity index (χ1v) is 9.00. The second-order valence-electron chi connectivity index (χ2n) is 6.99. The van der Waals surface area contributed by atoms with Gasteiger partial charge >= 0.3 is 0 Å². The van der Waals surface area contributed by atoms with E-state index in [2.05, 4.69) is 27.7 Å². The molecule has 0 bridgehead atoms. The van der Waals surface area contributed by atoms with Crippen LogP contribution in [-0.2, 0) is 0 Å². The van der Waals surface area contributed by atoms with Gasteiger partial charge in [-0.1, -0.05) is 27.7 Å². The van der Waals surface area contributed by atoms with Gasteiger partial charge in [-0.2, -0.15) is 0 Å². The number of hydrogen-bond donors (Lipinski definition) is 0. The Morgan fingerprint density at radius 3 is 2.00 bits per heavy atom. The van der Waals surface area contributed by atoms with Crippen molar-refractivity contribution in [3.63, 3.8) is 0 Å². The fourth-order valence-electron chi connectivity index (χ4n) is 2.70. The standard InChI is InChI=1S/C18H29O4P/c1-12(10-18(2,3)4)11-23-17(19)16-14(21-6)8-13(20-5)9-15(16)22-7/h8-9,12,23H,10-11H2,1-7H3. The lowest BCUT2D eigenvalue weighted by atomic mass is 9.86. The lowest BCUT2D eigenvalue weighted by molar-refractivity contribution is 0.107. The van der Waals surface area contributed by atoms with Crippen molar-refractivity contribution >= 4 is 14.1 Å². The van der Waals surface area contributed by atoms with E-state index >= 15 is 0 Å². The van der Waals surface area contributed by atoms with E-state index in [4.69, 9.17) is 14.2 Å². The first kappa shape index (κ1) is 19.8. The minimum absolute atomic E-state index is 0.0714. The van der Waals surface area contributed by atoms with Crippen molar-refractivity contribution in [2.75, 3.05) is 27.5 Å². The highest BCUT2D eigenvalue weighted by Crippen LogP contribution is 2.39. The van der Waals surface area contributed by atoms with E-state index in [1.807, 2.05) is 0 Å². The van der Waals surface area contributed by atoms with E-state index < -0.39 is 0 Å². The van der Waals surface area contributed by atoms with Crippen LogP contribution in [0.1, 0.15) is 44.5 Å². The largest absolute Gasteiger partial charge is 0.496 e. The monoisotopic (exact) mass is 340 g/mol. The summed E-state index contributed by atoms with van der Waals surface area (Å²) < 4.78 is 15.9. The van der Waals surface area contributed by atoms with Crippen molar-refractivity contribution in [1.82, 2.24) is 0 Å². The van der Waals surface area contributed by atoms with E-state index in [0.29, 0.717) is 28.7 Å². The number of ether oxygens (including phenoxy) is 3. The van der Waals surface area contributed by atoms with Gasteiger partial charge in [0, 0.05) is 12.1 Å². The van der Waals surface area contributed by atoms with E-state index in [1.54, 1.807) is 33.5 Å². The molecule has 2 atom stereocenters. The number of carbonyl (C=O) groups excluding carboxylic acids is 1. The molecule has 0 fully saturated rings. The fraction of sp³-hybridized carbons (Fsp3) is 0.611. The molecule has 0 N–H and O–H groups in total. The molecular formula is C18H29O4P. The summed E-state index contributed by atoms with van der Waals surface area (Å²) in [4.78, 5) is 12.7. The molecule has 0 amide bonds. The van der Waals surface area contributed by atoms with Gasteiger partial charge in [0.2, 0.25) is 0 Å². The Balaban J connectivity index is 2.90. The molecule has 1 aromatic rings. The Bertz CT molecular complexity index is 509. The first-order chi connectivity index (χ1) is 10.7. The van der Waals surface area contributed by atoms with Gasteiger partial charge in [-0.3, -0.25) is 4.79 Å². The normalized spacial score (nSPS) is 13.2. The quantitative estimate of drug-likeness (QED) is 0.649. The van der Waals surface area contributed by atoms with Gasteiger partial charge < -0.3 is 14.2 Å². The summed E-state index contributed by atoms with van der Waals surface area (Å²) in [5.41, 5.74) is 0.863. The van der Waals surface area contributed by atoms with E-state index in [0.717, 1.165) is 12.6 Å².